The summed E-state index contributed by atoms with van der Waals surface area (Å²) < 4.78 is 39.3. The summed E-state index contributed by atoms with van der Waals surface area (Å²) >= 11 is 1.72. The van der Waals surface area contributed by atoms with E-state index in [1.807, 2.05) is 5.38 Å². The molecule has 1 aliphatic heterocycles. The number of rotatable bonds is 2. The predicted octanol–water partition coefficient (Wildman–Crippen LogP) is 3.91. The summed E-state index contributed by atoms with van der Waals surface area (Å²) in [5, 5.41) is 2.04. The highest BCUT2D eigenvalue weighted by molar-refractivity contribution is 7.10. The molecule has 112 valence electrons. The van der Waals surface area contributed by atoms with E-state index in [4.69, 9.17) is 5.73 Å². The zero-order valence-corrected chi connectivity index (χ0v) is 12.1. The van der Waals surface area contributed by atoms with Crippen LogP contribution in [0, 0.1) is 0 Å². The van der Waals surface area contributed by atoms with Crippen LogP contribution in [0.4, 0.5) is 18.9 Å². The van der Waals surface area contributed by atoms with Crippen LogP contribution in [0.5, 0.6) is 0 Å². The molecule has 0 amide bonds. The number of fused-ring (bicyclic) bond motifs is 1. The first-order valence-electron chi connectivity index (χ1n) is 6.66. The van der Waals surface area contributed by atoms with Crippen molar-refractivity contribution in [1.82, 2.24) is 4.90 Å². The van der Waals surface area contributed by atoms with Crippen molar-refractivity contribution in [2.75, 3.05) is 12.3 Å². The topological polar surface area (TPSA) is 29.3 Å². The zero-order valence-electron chi connectivity index (χ0n) is 11.3. The van der Waals surface area contributed by atoms with Crippen molar-refractivity contribution in [2.45, 2.75) is 25.7 Å². The summed E-state index contributed by atoms with van der Waals surface area (Å²) in [5.74, 6) is 0. The van der Waals surface area contributed by atoms with Gasteiger partial charge in [0.2, 0.25) is 0 Å². The van der Waals surface area contributed by atoms with Gasteiger partial charge in [-0.2, -0.15) is 13.2 Å². The van der Waals surface area contributed by atoms with Crippen molar-refractivity contribution in [3.8, 4) is 0 Å². The Morgan fingerprint density at radius 2 is 2.05 bits per heavy atom. The maximum Gasteiger partial charge on any atom is 0.416 e. The summed E-state index contributed by atoms with van der Waals surface area (Å²) in [6, 6.07) is 6.10. The number of anilines is 1. The standard InChI is InChI=1S/C15H15F3N2S/c16-15(17,18)13-7-12(19)2-1-10(13)8-20-5-3-14-11(9-20)4-6-21-14/h1-2,4,6-7H,3,5,8-9,19H2. The molecule has 2 nitrogen and oxygen atoms in total. The van der Waals surface area contributed by atoms with Crippen LogP contribution in [0.2, 0.25) is 0 Å². The lowest BCUT2D eigenvalue weighted by molar-refractivity contribution is -0.138. The average molecular weight is 312 g/mol. The Balaban J connectivity index is 1.83. The van der Waals surface area contributed by atoms with Crippen LogP contribution in [-0.4, -0.2) is 11.4 Å². The Bertz CT molecular complexity index is 649. The highest BCUT2D eigenvalue weighted by Gasteiger charge is 2.34. The fourth-order valence-electron chi connectivity index (χ4n) is 2.68. The van der Waals surface area contributed by atoms with Gasteiger partial charge in [-0.3, -0.25) is 4.90 Å². The summed E-state index contributed by atoms with van der Waals surface area (Å²) in [7, 11) is 0. The van der Waals surface area contributed by atoms with Gasteiger partial charge in [0, 0.05) is 30.2 Å². The summed E-state index contributed by atoms with van der Waals surface area (Å²) in [5.41, 5.74) is 6.53. The van der Waals surface area contributed by atoms with E-state index in [1.54, 1.807) is 11.3 Å². The van der Waals surface area contributed by atoms with Crippen LogP contribution >= 0.6 is 11.3 Å². The van der Waals surface area contributed by atoms with Gasteiger partial charge in [0.25, 0.3) is 0 Å². The van der Waals surface area contributed by atoms with Gasteiger partial charge in [-0.05, 0) is 41.1 Å². The fourth-order valence-corrected chi connectivity index (χ4v) is 3.57. The minimum Gasteiger partial charge on any atom is -0.399 e. The largest absolute Gasteiger partial charge is 0.416 e. The van der Waals surface area contributed by atoms with Crippen molar-refractivity contribution >= 4 is 17.0 Å². The molecule has 0 saturated heterocycles. The Hall–Kier alpha value is -1.53. The summed E-state index contributed by atoms with van der Waals surface area (Å²) in [4.78, 5) is 3.40. The number of alkyl halides is 3. The van der Waals surface area contributed by atoms with E-state index >= 15 is 0 Å². The molecular formula is C15H15F3N2S. The van der Waals surface area contributed by atoms with Gasteiger partial charge >= 0.3 is 6.18 Å². The van der Waals surface area contributed by atoms with E-state index in [0.29, 0.717) is 13.1 Å². The van der Waals surface area contributed by atoms with Crippen LogP contribution in [0.25, 0.3) is 0 Å². The van der Waals surface area contributed by atoms with E-state index in [0.717, 1.165) is 19.0 Å². The van der Waals surface area contributed by atoms with E-state index in [9.17, 15) is 13.2 Å². The molecule has 1 aromatic heterocycles. The molecule has 0 spiro atoms. The molecule has 1 aromatic carbocycles. The molecule has 0 bridgehead atoms. The van der Waals surface area contributed by atoms with Gasteiger partial charge in [0.15, 0.2) is 0 Å². The number of nitrogen functional groups attached to an aromatic ring is 1. The molecule has 0 aliphatic carbocycles. The monoisotopic (exact) mass is 312 g/mol. The molecule has 1 aliphatic rings. The van der Waals surface area contributed by atoms with Crippen molar-refractivity contribution in [1.29, 1.82) is 0 Å². The highest BCUT2D eigenvalue weighted by atomic mass is 32.1. The Morgan fingerprint density at radius 3 is 2.81 bits per heavy atom. The normalized spacial score (nSPS) is 16.0. The Labute approximate surface area is 125 Å². The molecule has 21 heavy (non-hydrogen) atoms. The quantitative estimate of drug-likeness (QED) is 0.852. The van der Waals surface area contributed by atoms with Gasteiger partial charge in [-0.15, -0.1) is 11.3 Å². The van der Waals surface area contributed by atoms with Crippen LogP contribution in [0.15, 0.2) is 29.6 Å². The van der Waals surface area contributed by atoms with Crippen molar-refractivity contribution in [2.24, 2.45) is 0 Å². The van der Waals surface area contributed by atoms with Crippen LogP contribution in [0.1, 0.15) is 21.6 Å². The number of hydrogen-bond donors (Lipinski definition) is 1. The van der Waals surface area contributed by atoms with E-state index < -0.39 is 11.7 Å². The molecule has 0 atom stereocenters. The second kappa shape index (κ2) is 5.35. The molecular weight excluding hydrogens is 297 g/mol. The summed E-state index contributed by atoms with van der Waals surface area (Å²) in [6.07, 6.45) is -3.46. The molecule has 0 unspecified atom stereocenters. The van der Waals surface area contributed by atoms with Crippen molar-refractivity contribution in [3.63, 3.8) is 0 Å². The second-order valence-corrected chi connectivity index (χ2v) is 6.24. The van der Waals surface area contributed by atoms with Crippen molar-refractivity contribution in [3.05, 3.63) is 51.2 Å². The molecule has 0 radical (unpaired) electrons. The van der Waals surface area contributed by atoms with E-state index in [-0.39, 0.29) is 11.3 Å². The highest BCUT2D eigenvalue weighted by Crippen LogP contribution is 2.34. The number of halogens is 3. The third kappa shape index (κ3) is 3.06. The van der Waals surface area contributed by atoms with Crippen LogP contribution < -0.4 is 5.73 Å². The Morgan fingerprint density at radius 1 is 1.24 bits per heavy atom. The SMILES string of the molecule is Nc1ccc(CN2CCc3sccc3C2)c(C(F)(F)F)c1. The van der Waals surface area contributed by atoms with Gasteiger partial charge in [0.1, 0.15) is 0 Å². The number of nitrogens with zero attached hydrogens (tertiary/aromatic N) is 1. The summed E-state index contributed by atoms with van der Waals surface area (Å²) in [6.45, 7) is 1.79. The predicted molar refractivity (Wildman–Crippen MR) is 78.0 cm³/mol. The fraction of sp³-hybridized carbons (Fsp3) is 0.333. The zero-order chi connectivity index (χ0) is 15.0. The lowest BCUT2D eigenvalue weighted by atomic mass is 10.0. The second-order valence-electron chi connectivity index (χ2n) is 5.24. The third-order valence-electron chi connectivity index (χ3n) is 3.72. The van der Waals surface area contributed by atoms with Gasteiger partial charge in [0.05, 0.1) is 5.56 Å². The molecule has 0 fully saturated rings. The van der Waals surface area contributed by atoms with E-state index in [1.165, 1.54) is 22.6 Å². The molecule has 2 heterocycles. The molecule has 6 heteroatoms. The maximum atomic E-state index is 13.1. The average Bonchev–Trinajstić information content (AvgIpc) is 2.87. The smallest absolute Gasteiger partial charge is 0.399 e. The van der Waals surface area contributed by atoms with Gasteiger partial charge in [-0.1, -0.05) is 6.07 Å². The number of nitrogens with two attached hydrogens (primary N) is 1. The molecule has 0 saturated carbocycles. The molecule has 2 aromatic rings. The van der Waals surface area contributed by atoms with Crippen LogP contribution in [0.3, 0.4) is 0 Å². The van der Waals surface area contributed by atoms with Gasteiger partial charge < -0.3 is 5.73 Å². The minimum atomic E-state index is -4.37. The van der Waals surface area contributed by atoms with Crippen LogP contribution in [-0.2, 0) is 25.7 Å². The van der Waals surface area contributed by atoms with E-state index in [2.05, 4.69) is 11.0 Å². The lowest BCUT2D eigenvalue weighted by Gasteiger charge is -2.28. The minimum absolute atomic E-state index is 0.143. The number of thiophene rings is 1. The molecule has 3 rings (SSSR count). The first kappa shape index (κ1) is 14.4. The maximum absolute atomic E-state index is 13.1. The first-order valence-corrected chi connectivity index (χ1v) is 7.54. The first-order chi connectivity index (χ1) is 9.93. The number of benzene rings is 1. The number of hydrogen-bond acceptors (Lipinski definition) is 3. The Kier molecular flexibility index (Phi) is 3.67. The van der Waals surface area contributed by atoms with Crippen molar-refractivity contribution < 1.29 is 13.2 Å². The third-order valence-corrected chi connectivity index (χ3v) is 4.74. The van der Waals surface area contributed by atoms with Gasteiger partial charge in [-0.25, -0.2) is 0 Å². The molecule has 2 N–H and O–H groups in total. The lowest BCUT2D eigenvalue weighted by Crippen LogP contribution is -2.30.